The molecule has 0 saturated carbocycles. The minimum absolute atomic E-state index is 0.0172. The first-order valence-corrected chi connectivity index (χ1v) is 6.86. The van der Waals surface area contributed by atoms with Crippen LogP contribution in [0.1, 0.15) is 26.2 Å². The fraction of sp³-hybridized carbons (Fsp3) is 0.846. The van der Waals surface area contributed by atoms with E-state index in [0.29, 0.717) is 32.6 Å². The summed E-state index contributed by atoms with van der Waals surface area (Å²) in [5.41, 5.74) is -1.02. The van der Waals surface area contributed by atoms with E-state index in [4.69, 9.17) is 4.74 Å². The summed E-state index contributed by atoms with van der Waals surface area (Å²) in [7, 11) is 1.80. The van der Waals surface area contributed by atoms with Crippen molar-refractivity contribution in [1.82, 2.24) is 10.2 Å². The van der Waals surface area contributed by atoms with Crippen molar-refractivity contribution in [3.05, 3.63) is 0 Å². The summed E-state index contributed by atoms with van der Waals surface area (Å²) in [6.07, 6.45) is 1.75. The quantitative estimate of drug-likeness (QED) is 0.756. The van der Waals surface area contributed by atoms with Gasteiger partial charge in [0.1, 0.15) is 5.54 Å². The first kappa shape index (κ1) is 14.3. The van der Waals surface area contributed by atoms with Crippen LogP contribution in [0.5, 0.6) is 0 Å². The number of nitrogens with one attached hydrogen (secondary N) is 1. The van der Waals surface area contributed by atoms with Crippen molar-refractivity contribution in [2.45, 2.75) is 37.8 Å². The molecule has 108 valence electrons. The second-order valence-corrected chi connectivity index (χ2v) is 5.32. The Bertz CT molecular complexity index is 374. The van der Waals surface area contributed by atoms with Gasteiger partial charge in [-0.3, -0.25) is 4.79 Å². The van der Waals surface area contributed by atoms with Gasteiger partial charge in [-0.05, 0) is 26.3 Å². The number of carboxylic acid groups (broad SMARTS) is 1. The standard InChI is InChI=1S/C13H22N2O4/c1-3-13(12(17)18)5-4-6-15(13)11(16)9-7-19-8-10(9)14-2/h9-10,14H,3-8H2,1-2H3,(H,17,18). The Kier molecular flexibility index (Phi) is 4.10. The van der Waals surface area contributed by atoms with E-state index in [0.717, 1.165) is 6.42 Å². The van der Waals surface area contributed by atoms with Gasteiger partial charge >= 0.3 is 5.97 Å². The molecule has 0 aliphatic carbocycles. The molecule has 2 heterocycles. The lowest BCUT2D eigenvalue weighted by molar-refractivity contribution is -0.158. The molecule has 0 aromatic heterocycles. The zero-order chi connectivity index (χ0) is 14.0. The van der Waals surface area contributed by atoms with E-state index < -0.39 is 11.5 Å². The Morgan fingerprint density at radius 2 is 2.21 bits per heavy atom. The molecule has 0 radical (unpaired) electrons. The third-order valence-electron chi connectivity index (χ3n) is 4.51. The number of likely N-dealkylation sites (tertiary alicyclic amines) is 1. The highest BCUT2D eigenvalue weighted by Crippen LogP contribution is 2.35. The predicted molar refractivity (Wildman–Crippen MR) is 68.8 cm³/mol. The van der Waals surface area contributed by atoms with E-state index >= 15 is 0 Å². The molecule has 2 fully saturated rings. The van der Waals surface area contributed by atoms with Crippen LogP contribution in [0.15, 0.2) is 0 Å². The monoisotopic (exact) mass is 270 g/mol. The van der Waals surface area contributed by atoms with Crippen molar-refractivity contribution < 1.29 is 19.4 Å². The molecule has 2 saturated heterocycles. The summed E-state index contributed by atoms with van der Waals surface area (Å²) in [5, 5.41) is 12.6. The number of carbonyl (C=O) groups is 2. The number of hydrogen-bond donors (Lipinski definition) is 2. The summed E-state index contributed by atoms with van der Waals surface area (Å²) in [6, 6.07) is -0.0172. The molecule has 2 N–H and O–H groups in total. The molecule has 2 aliphatic heterocycles. The van der Waals surface area contributed by atoms with Gasteiger partial charge in [0.15, 0.2) is 0 Å². The Balaban J connectivity index is 2.20. The molecule has 2 aliphatic rings. The van der Waals surface area contributed by atoms with Crippen LogP contribution in [-0.4, -0.2) is 60.3 Å². The van der Waals surface area contributed by atoms with Gasteiger partial charge in [0.2, 0.25) is 5.91 Å². The molecule has 6 nitrogen and oxygen atoms in total. The molecule has 0 spiro atoms. The minimum Gasteiger partial charge on any atom is -0.479 e. The maximum atomic E-state index is 12.6. The summed E-state index contributed by atoms with van der Waals surface area (Å²) in [6.45, 7) is 3.25. The van der Waals surface area contributed by atoms with E-state index in [9.17, 15) is 14.7 Å². The molecule has 0 bridgehead atoms. The second kappa shape index (κ2) is 5.46. The third kappa shape index (κ3) is 2.23. The van der Waals surface area contributed by atoms with Gasteiger partial charge < -0.3 is 20.1 Å². The molecule has 19 heavy (non-hydrogen) atoms. The average Bonchev–Trinajstić information content (AvgIpc) is 3.04. The second-order valence-electron chi connectivity index (χ2n) is 5.32. The topological polar surface area (TPSA) is 78.9 Å². The number of amides is 1. The molecular formula is C13H22N2O4. The number of rotatable bonds is 4. The molecule has 0 aromatic rings. The Labute approximate surface area is 113 Å². The molecule has 1 amide bonds. The Morgan fingerprint density at radius 1 is 1.47 bits per heavy atom. The lowest BCUT2D eigenvalue weighted by Crippen LogP contribution is -2.56. The number of ether oxygens (including phenoxy) is 1. The molecule has 2 rings (SSSR count). The van der Waals surface area contributed by atoms with Crippen LogP contribution in [0.3, 0.4) is 0 Å². The van der Waals surface area contributed by atoms with Gasteiger partial charge in [-0.1, -0.05) is 6.92 Å². The summed E-state index contributed by atoms with van der Waals surface area (Å²) in [5.74, 6) is -1.24. The first-order chi connectivity index (χ1) is 9.06. The average molecular weight is 270 g/mol. The van der Waals surface area contributed by atoms with Crippen molar-refractivity contribution in [3.63, 3.8) is 0 Å². The van der Waals surface area contributed by atoms with Gasteiger partial charge in [-0.25, -0.2) is 4.79 Å². The Hall–Kier alpha value is -1.14. The van der Waals surface area contributed by atoms with Crippen LogP contribution in [0, 0.1) is 5.92 Å². The fourth-order valence-corrected chi connectivity index (χ4v) is 3.22. The fourth-order valence-electron chi connectivity index (χ4n) is 3.22. The van der Waals surface area contributed by atoms with Gasteiger partial charge in [-0.15, -0.1) is 0 Å². The minimum atomic E-state index is -1.02. The number of carboxylic acids is 1. The van der Waals surface area contributed by atoms with E-state index in [1.54, 1.807) is 11.9 Å². The van der Waals surface area contributed by atoms with Gasteiger partial charge in [0.25, 0.3) is 0 Å². The zero-order valence-electron chi connectivity index (χ0n) is 11.5. The molecule has 3 unspecified atom stereocenters. The number of carbonyl (C=O) groups excluding carboxylic acids is 1. The van der Waals surface area contributed by atoms with Crippen LogP contribution >= 0.6 is 0 Å². The molecule has 6 heteroatoms. The number of nitrogens with zero attached hydrogens (tertiary/aromatic N) is 1. The first-order valence-electron chi connectivity index (χ1n) is 6.86. The number of aliphatic carboxylic acids is 1. The predicted octanol–water partition coefficient (Wildman–Crippen LogP) is 0.0766. The van der Waals surface area contributed by atoms with E-state index in [1.807, 2.05) is 6.92 Å². The van der Waals surface area contributed by atoms with Crippen molar-refractivity contribution in [3.8, 4) is 0 Å². The van der Waals surface area contributed by atoms with Gasteiger partial charge in [0.05, 0.1) is 19.1 Å². The van der Waals surface area contributed by atoms with Crippen molar-refractivity contribution in [1.29, 1.82) is 0 Å². The molecule has 3 atom stereocenters. The zero-order valence-corrected chi connectivity index (χ0v) is 11.5. The maximum absolute atomic E-state index is 12.6. The van der Waals surface area contributed by atoms with E-state index in [-0.39, 0.29) is 17.9 Å². The highest BCUT2D eigenvalue weighted by atomic mass is 16.5. The summed E-state index contributed by atoms with van der Waals surface area (Å²) >= 11 is 0. The largest absolute Gasteiger partial charge is 0.479 e. The van der Waals surface area contributed by atoms with Gasteiger partial charge in [-0.2, -0.15) is 0 Å². The summed E-state index contributed by atoms with van der Waals surface area (Å²) in [4.78, 5) is 25.8. The van der Waals surface area contributed by atoms with Crippen molar-refractivity contribution >= 4 is 11.9 Å². The van der Waals surface area contributed by atoms with Crippen LogP contribution in [0.25, 0.3) is 0 Å². The van der Waals surface area contributed by atoms with Crippen molar-refractivity contribution in [2.75, 3.05) is 26.8 Å². The molecule has 0 aromatic carbocycles. The van der Waals surface area contributed by atoms with Crippen molar-refractivity contribution in [2.24, 2.45) is 5.92 Å². The molecular weight excluding hydrogens is 248 g/mol. The van der Waals surface area contributed by atoms with Crippen LogP contribution in [0.4, 0.5) is 0 Å². The van der Waals surface area contributed by atoms with E-state index in [1.165, 1.54) is 0 Å². The van der Waals surface area contributed by atoms with Crippen LogP contribution < -0.4 is 5.32 Å². The highest BCUT2D eigenvalue weighted by molar-refractivity contribution is 5.89. The summed E-state index contributed by atoms with van der Waals surface area (Å²) < 4.78 is 5.35. The van der Waals surface area contributed by atoms with Crippen LogP contribution in [-0.2, 0) is 14.3 Å². The Morgan fingerprint density at radius 3 is 2.79 bits per heavy atom. The van der Waals surface area contributed by atoms with E-state index in [2.05, 4.69) is 5.32 Å². The third-order valence-corrected chi connectivity index (χ3v) is 4.51. The normalized spacial score (nSPS) is 34.7. The SMILES string of the molecule is CCC1(C(=O)O)CCCN1C(=O)C1COCC1NC. The highest BCUT2D eigenvalue weighted by Gasteiger charge is 2.51. The number of hydrogen-bond acceptors (Lipinski definition) is 4. The van der Waals surface area contributed by atoms with Crippen LogP contribution in [0.2, 0.25) is 0 Å². The smallest absolute Gasteiger partial charge is 0.329 e. The van der Waals surface area contributed by atoms with Gasteiger partial charge in [0, 0.05) is 12.6 Å². The number of likely N-dealkylation sites (N-methyl/N-ethyl adjacent to an activating group) is 1. The maximum Gasteiger partial charge on any atom is 0.329 e. The lowest BCUT2D eigenvalue weighted by Gasteiger charge is -2.36. The lowest BCUT2D eigenvalue weighted by atomic mass is 9.91.